The van der Waals surface area contributed by atoms with E-state index in [1.54, 1.807) is 20.8 Å². The molecule has 3 N–H and O–H groups in total. The average molecular weight is 491 g/mol. The van der Waals surface area contributed by atoms with Gasteiger partial charge in [-0.25, -0.2) is 0 Å². The quantitative estimate of drug-likeness (QED) is 0.202. The first-order valence-corrected chi connectivity index (χ1v) is 11.9. The van der Waals surface area contributed by atoms with E-state index in [1.165, 1.54) is 0 Å². The Hall–Kier alpha value is -1.75. The molecule has 2 atom stereocenters. The molecule has 0 aromatic rings. The minimum absolute atomic E-state index is 0.0158. The summed E-state index contributed by atoms with van der Waals surface area (Å²) in [4.78, 5) is 36.3. The zero-order chi connectivity index (χ0) is 26.4. The second-order valence-corrected chi connectivity index (χ2v) is 10.3. The summed E-state index contributed by atoms with van der Waals surface area (Å²) in [6.45, 7) is 12.7. The molecule has 0 aromatic heterocycles. The third-order valence-corrected chi connectivity index (χ3v) is 5.09. The number of hydrogen-bond donors (Lipinski definition) is 3. The predicted molar refractivity (Wildman–Crippen MR) is 130 cm³/mol. The number of rotatable bonds is 18. The Morgan fingerprint density at radius 1 is 0.971 bits per heavy atom. The number of carbonyl (C=O) groups excluding carboxylic acids is 3. The van der Waals surface area contributed by atoms with Crippen LogP contribution in [0.4, 0.5) is 8.71 Å². The molecule has 3 amide bonds. The lowest BCUT2D eigenvalue weighted by Crippen LogP contribution is -2.45. The summed E-state index contributed by atoms with van der Waals surface area (Å²) in [5.41, 5.74) is -1.19. The lowest BCUT2D eigenvalue weighted by Gasteiger charge is -2.27. The summed E-state index contributed by atoms with van der Waals surface area (Å²) in [6, 6.07) is 0. The van der Waals surface area contributed by atoms with E-state index in [4.69, 9.17) is 9.47 Å². The monoisotopic (exact) mass is 491 g/mol. The van der Waals surface area contributed by atoms with E-state index in [1.807, 2.05) is 27.7 Å². The van der Waals surface area contributed by atoms with Crippen LogP contribution >= 0.6 is 0 Å². The lowest BCUT2D eigenvalue weighted by atomic mass is 9.71. The third-order valence-electron chi connectivity index (χ3n) is 5.09. The van der Waals surface area contributed by atoms with E-state index in [-0.39, 0.29) is 50.3 Å². The van der Waals surface area contributed by atoms with Crippen molar-refractivity contribution >= 4 is 25.3 Å². The summed E-state index contributed by atoms with van der Waals surface area (Å²) < 4.78 is 37.1. The van der Waals surface area contributed by atoms with Crippen molar-refractivity contribution in [1.29, 1.82) is 0 Å². The maximum absolute atomic E-state index is 13.2. The Morgan fingerprint density at radius 2 is 1.62 bits per heavy atom. The van der Waals surface area contributed by atoms with E-state index in [0.29, 0.717) is 13.0 Å². The van der Waals surface area contributed by atoms with Crippen molar-refractivity contribution < 1.29 is 32.6 Å². The van der Waals surface area contributed by atoms with Gasteiger partial charge in [0.25, 0.3) is 0 Å². The van der Waals surface area contributed by atoms with Gasteiger partial charge in [-0.1, -0.05) is 13.8 Å². The lowest BCUT2D eigenvalue weighted by molar-refractivity contribution is -0.126. The van der Waals surface area contributed by atoms with Gasteiger partial charge in [-0.15, -0.1) is 0 Å². The summed E-state index contributed by atoms with van der Waals surface area (Å²) >= 11 is 0. The van der Waals surface area contributed by atoms with E-state index in [2.05, 4.69) is 16.0 Å². The second kappa shape index (κ2) is 16.0. The summed E-state index contributed by atoms with van der Waals surface area (Å²) in [6.07, 6.45) is 0.412. The molecule has 0 heterocycles. The van der Waals surface area contributed by atoms with Crippen molar-refractivity contribution in [1.82, 2.24) is 16.0 Å². The maximum atomic E-state index is 13.2. The number of nitrogens with one attached hydrogen (secondary N) is 3. The summed E-state index contributed by atoms with van der Waals surface area (Å²) in [5.74, 6) is -2.00. The zero-order valence-corrected chi connectivity index (χ0v) is 21.9. The van der Waals surface area contributed by atoms with Crippen LogP contribution in [0.5, 0.6) is 0 Å². The van der Waals surface area contributed by atoms with Crippen LogP contribution in [-0.4, -0.2) is 69.6 Å². The molecule has 0 aliphatic carbocycles. The standard InChI is InChI=1S/C23H44BF2N3O5/c1-16(2)33-13-10-23(6,7)29-20(31)9-12-34-17(3)28-19(30)8-11-27-21(32)18(24-26)14-22(4,5)15-25/h16-18,24H,8-15H2,1-7H3,(H,27,32)(H,28,30)(H,29,31). The molecular formula is C23H44BF2N3O5. The fraction of sp³-hybridized carbons (Fsp3) is 0.870. The van der Waals surface area contributed by atoms with Gasteiger partial charge in [0.1, 0.15) is 6.23 Å². The fourth-order valence-corrected chi connectivity index (χ4v) is 3.10. The fourth-order valence-electron chi connectivity index (χ4n) is 3.10. The van der Waals surface area contributed by atoms with Gasteiger partial charge in [0.2, 0.25) is 17.7 Å². The van der Waals surface area contributed by atoms with Crippen molar-refractivity contribution in [2.75, 3.05) is 26.4 Å². The van der Waals surface area contributed by atoms with Crippen molar-refractivity contribution in [3.8, 4) is 0 Å². The maximum Gasteiger partial charge on any atom is 0.343 e. The molecule has 11 heteroatoms. The first kappa shape index (κ1) is 32.3. The number of amides is 3. The predicted octanol–water partition coefficient (Wildman–Crippen LogP) is 2.57. The Kier molecular flexibility index (Phi) is 15.2. The van der Waals surface area contributed by atoms with Gasteiger partial charge in [-0.05, 0) is 52.9 Å². The smallest absolute Gasteiger partial charge is 0.343 e. The Bertz CT molecular complexity index is 636. The molecule has 0 aliphatic heterocycles. The van der Waals surface area contributed by atoms with Gasteiger partial charge in [-0.3, -0.25) is 18.8 Å². The van der Waals surface area contributed by atoms with Gasteiger partial charge in [-0.2, -0.15) is 0 Å². The number of hydrogen-bond acceptors (Lipinski definition) is 5. The third kappa shape index (κ3) is 16.0. The van der Waals surface area contributed by atoms with Crippen LogP contribution in [0.1, 0.15) is 74.1 Å². The van der Waals surface area contributed by atoms with E-state index in [9.17, 15) is 23.1 Å². The number of alkyl halides is 1. The zero-order valence-electron chi connectivity index (χ0n) is 21.9. The topological polar surface area (TPSA) is 106 Å². The van der Waals surface area contributed by atoms with Gasteiger partial charge in [0, 0.05) is 30.9 Å². The Balaban J connectivity index is 4.15. The first-order chi connectivity index (χ1) is 15.7. The van der Waals surface area contributed by atoms with E-state index >= 15 is 0 Å². The van der Waals surface area contributed by atoms with Crippen LogP contribution in [0.25, 0.3) is 0 Å². The SMILES string of the molecule is CC(C)OCCC(C)(C)NC(=O)CCOC(C)NC(=O)CCNC(=O)C(BF)CC(C)(C)CF. The number of carbonyl (C=O) groups is 3. The molecule has 0 spiro atoms. The molecule has 0 radical (unpaired) electrons. The number of ether oxygens (including phenoxy) is 2. The van der Waals surface area contributed by atoms with E-state index in [0.717, 1.165) is 0 Å². The molecule has 0 aliphatic rings. The molecule has 198 valence electrons. The Morgan fingerprint density at radius 3 is 2.18 bits per heavy atom. The molecule has 0 saturated heterocycles. The number of halogens is 2. The molecule has 0 rings (SSSR count). The van der Waals surface area contributed by atoms with Crippen LogP contribution in [0.2, 0.25) is 5.82 Å². The molecule has 8 nitrogen and oxygen atoms in total. The summed E-state index contributed by atoms with van der Waals surface area (Å²) in [5, 5.41) is 8.08. The van der Waals surface area contributed by atoms with E-state index < -0.39 is 43.1 Å². The second-order valence-electron chi connectivity index (χ2n) is 10.3. The molecule has 0 saturated carbocycles. The molecule has 0 aromatic carbocycles. The molecule has 0 bridgehead atoms. The molecule has 2 unspecified atom stereocenters. The van der Waals surface area contributed by atoms with Crippen LogP contribution in [0, 0.1) is 5.41 Å². The minimum atomic E-state index is -0.949. The van der Waals surface area contributed by atoms with Crippen molar-refractivity contribution in [2.24, 2.45) is 5.41 Å². The molecule has 0 fully saturated rings. The Labute approximate surface area is 203 Å². The van der Waals surface area contributed by atoms with Crippen LogP contribution < -0.4 is 16.0 Å². The molecule has 34 heavy (non-hydrogen) atoms. The highest BCUT2D eigenvalue weighted by Gasteiger charge is 2.29. The normalized spacial score (nSPS) is 13.8. The minimum Gasteiger partial charge on any atom is -0.379 e. The van der Waals surface area contributed by atoms with Crippen molar-refractivity contribution in [2.45, 2.75) is 97.8 Å². The van der Waals surface area contributed by atoms with Crippen LogP contribution in [-0.2, 0) is 23.9 Å². The van der Waals surface area contributed by atoms with Gasteiger partial charge in [0.15, 0.2) is 0 Å². The first-order valence-electron chi connectivity index (χ1n) is 11.9. The highest BCUT2D eigenvalue weighted by atomic mass is 19.1. The van der Waals surface area contributed by atoms with Gasteiger partial charge >= 0.3 is 7.56 Å². The largest absolute Gasteiger partial charge is 0.379 e. The van der Waals surface area contributed by atoms with Crippen LogP contribution in [0.15, 0.2) is 0 Å². The highest BCUT2D eigenvalue weighted by molar-refractivity contribution is 6.36. The highest BCUT2D eigenvalue weighted by Crippen LogP contribution is 2.29. The molecular weight excluding hydrogens is 447 g/mol. The summed E-state index contributed by atoms with van der Waals surface area (Å²) in [7, 11) is -0.886. The van der Waals surface area contributed by atoms with Gasteiger partial charge in [0.05, 0.1) is 25.8 Å². The van der Waals surface area contributed by atoms with Gasteiger partial charge < -0.3 is 29.7 Å². The van der Waals surface area contributed by atoms with Crippen molar-refractivity contribution in [3.05, 3.63) is 0 Å². The van der Waals surface area contributed by atoms with Crippen molar-refractivity contribution in [3.63, 3.8) is 0 Å². The average Bonchev–Trinajstić information content (AvgIpc) is 2.70. The van der Waals surface area contributed by atoms with Crippen LogP contribution in [0.3, 0.4) is 0 Å².